The number of hydrogen-bond acceptors (Lipinski definition) is 0. The Labute approximate surface area is 427 Å². The second-order valence-corrected chi connectivity index (χ2v) is 22.4. The summed E-state index contributed by atoms with van der Waals surface area (Å²) in [6.45, 7) is 22.7. The zero-order valence-electron chi connectivity index (χ0n) is 43.8. The predicted molar refractivity (Wildman–Crippen MR) is 306 cm³/mol. The van der Waals surface area contributed by atoms with Gasteiger partial charge in [-0.15, -0.1) is 0 Å². The molecule has 71 heavy (non-hydrogen) atoms. The third kappa shape index (κ3) is 9.21. The summed E-state index contributed by atoms with van der Waals surface area (Å²) in [5.74, 6) is 2.30. The van der Waals surface area contributed by atoms with Crippen molar-refractivity contribution in [1.29, 1.82) is 0 Å². The van der Waals surface area contributed by atoms with Gasteiger partial charge in [-0.1, -0.05) is 248 Å². The van der Waals surface area contributed by atoms with Crippen LogP contribution in [0.3, 0.4) is 0 Å². The van der Waals surface area contributed by atoms with Crippen LogP contribution in [-0.2, 0) is 10.8 Å². The molecule has 0 aromatic heterocycles. The maximum absolute atomic E-state index is 4.31. The van der Waals surface area contributed by atoms with Crippen molar-refractivity contribution in [3.8, 4) is 33.4 Å². The van der Waals surface area contributed by atoms with Gasteiger partial charge in [-0.2, -0.15) is 0 Å². The van der Waals surface area contributed by atoms with E-state index in [1.165, 1.54) is 121 Å². The minimum atomic E-state index is 0.0339. The van der Waals surface area contributed by atoms with Crippen molar-refractivity contribution < 1.29 is 0 Å². The lowest BCUT2D eigenvalue weighted by molar-refractivity contribution is 0.414. The second kappa shape index (κ2) is 20.0. The highest BCUT2D eigenvalue weighted by atomic mass is 14.4. The van der Waals surface area contributed by atoms with E-state index < -0.39 is 0 Å². The van der Waals surface area contributed by atoms with Gasteiger partial charge in [0.15, 0.2) is 0 Å². The van der Waals surface area contributed by atoms with Crippen LogP contribution in [-0.4, -0.2) is 0 Å². The monoisotopic (exact) mass is 927 g/mol. The molecule has 1 saturated carbocycles. The van der Waals surface area contributed by atoms with Gasteiger partial charge >= 0.3 is 0 Å². The molecular formula is C71H74. The standard InChI is InChI=1S/C28H26.C24H26.C19H22/c1-19-8-7-11-21(16-19)22-13-15-26-25(17-22)24-14-12-23(18-27(24)28(26,2)3)20-9-5-4-6-10-20;1-17-13-15-20(16-14-17)23-12-6-11-22(19-8-5-9-19)24(23)21-10-4-3-7-18(21)2;1-5-8-14-12-11-13(2)17-15-9-6-7-10-16(15)19(3,4)18(14)17/h4-10,12-18,21H,11H2,1-3H3;3-4,6-7,10-16,18-19,21H,5,8-9H2,1-2H3;6-7,9-10,12H,2,5,8,11H2,1,3-4H3. The predicted octanol–water partition coefficient (Wildman–Crippen LogP) is 19.8. The lowest BCUT2D eigenvalue weighted by Crippen LogP contribution is -2.19. The molecule has 1 fully saturated rings. The highest BCUT2D eigenvalue weighted by molar-refractivity contribution is 5.93. The Balaban J connectivity index is 0.000000125. The van der Waals surface area contributed by atoms with Gasteiger partial charge < -0.3 is 0 Å². The highest BCUT2D eigenvalue weighted by Gasteiger charge is 2.41. The van der Waals surface area contributed by atoms with Crippen LogP contribution in [0.15, 0.2) is 211 Å². The largest absolute Gasteiger partial charge is 0.0949 e. The molecule has 12 rings (SSSR count). The fourth-order valence-electron chi connectivity index (χ4n) is 12.7. The van der Waals surface area contributed by atoms with Gasteiger partial charge in [0, 0.05) is 22.7 Å². The zero-order valence-corrected chi connectivity index (χ0v) is 43.8. The fourth-order valence-corrected chi connectivity index (χ4v) is 12.7. The number of allylic oxidation sites excluding steroid dienone is 13. The lowest BCUT2D eigenvalue weighted by Gasteiger charge is -2.33. The Morgan fingerprint density at radius 3 is 2.08 bits per heavy atom. The smallest absolute Gasteiger partial charge is 0.0161 e. The highest BCUT2D eigenvalue weighted by Crippen LogP contribution is 2.55. The number of aryl methyl sites for hydroxylation is 1. The van der Waals surface area contributed by atoms with Gasteiger partial charge in [-0.3, -0.25) is 0 Å². The van der Waals surface area contributed by atoms with Crippen LogP contribution in [0.5, 0.6) is 0 Å². The summed E-state index contributed by atoms with van der Waals surface area (Å²) in [6, 6.07) is 49.7. The van der Waals surface area contributed by atoms with E-state index in [0.717, 1.165) is 18.8 Å². The molecule has 0 spiro atoms. The molecule has 0 saturated heterocycles. The van der Waals surface area contributed by atoms with E-state index in [9.17, 15) is 0 Å². The molecule has 6 aliphatic carbocycles. The minimum absolute atomic E-state index is 0.0339. The molecule has 3 atom stereocenters. The van der Waals surface area contributed by atoms with Crippen molar-refractivity contribution in [3.63, 3.8) is 0 Å². The van der Waals surface area contributed by atoms with Crippen LogP contribution in [0.25, 0.3) is 39.0 Å². The first-order valence-corrected chi connectivity index (χ1v) is 26.8. The molecule has 0 N–H and O–H groups in total. The molecule has 0 heterocycles. The van der Waals surface area contributed by atoms with Crippen molar-refractivity contribution >= 4 is 5.57 Å². The van der Waals surface area contributed by atoms with Crippen LogP contribution < -0.4 is 0 Å². The Bertz CT molecular complexity index is 3160. The average Bonchev–Trinajstić information content (AvgIpc) is 3.75. The lowest BCUT2D eigenvalue weighted by atomic mass is 9.71. The second-order valence-electron chi connectivity index (χ2n) is 22.4. The average molecular weight is 927 g/mol. The third-order valence-electron chi connectivity index (χ3n) is 16.8. The summed E-state index contributed by atoms with van der Waals surface area (Å²) in [5.41, 5.74) is 27.2. The molecule has 0 amide bonds. The van der Waals surface area contributed by atoms with E-state index in [4.69, 9.17) is 0 Å². The first-order valence-electron chi connectivity index (χ1n) is 26.8. The van der Waals surface area contributed by atoms with Crippen LogP contribution in [0.2, 0.25) is 0 Å². The van der Waals surface area contributed by atoms with Gasteiger partial charge in [0.05, 0.1) is 0 Å². The minimum Gasteiger partial charge on any atom is -0.0949 e. The van der Waals surface area contributed by atoms with Crippen molar-refractivity contribution in [2.24, 2.45) is 5.92 Å². The Morgan fingerprint density at radius 2 is 1.35 bits per heavy atom. The van der Waals surface area contributed by atoms with Crippen LogP contribution in [0.1, 0.15) is 156 Å². The first-order chi connectivity index (χ1) is 34.3. The van der Waals surface area contributed by atoms with E-state index in [-0.39, 0.29) is 10.8 Å². The summed E-state index contributed by atoms with van der Waals surface area (Å²) >= 11 is 0. The molecule has 0 aliphatic heterocycles. The molecule has 6 aromatic rings. The summed E-state index contributed by atoms with van der Waals surface area (Å²) in [4.78, 5) is 0. The molecule has 358 valence electrons. The van der Waals surface area contributed by atoms with Crippen LogP contribution in [0, 0.1) is 12.8 Å². The number of benzene rings is 6. The summed E-state index contributed by atoms with van der Waals surface area (Å²) < 4.78 is 0. The maximum Gasteiger partial charge on any atom is 0.0161 e. The Hall–Kier alpha value is -6.50. The quantitative estimate of drug-likeness (QED) is 0.150. The summed E-state index contributed by atoms with van der Waals surface area (Å²) in [7, 11) is 0. The van der Waals surface area contributed by atoms with Gasteiger partial charge in [-0.25, -0.2) is 0 Å². The maximum atomic E-state index is 4.31. The van der Waals surface area contributed by atoms with Crippen LogP contribution in [0.4, 0.5) is 0 Å². The molecule has 0 radical (unpaired) electrons. The molecular weight excluding hydrogens is 853 g/mol. The SMILES string of the molecule is C=C1CC=C(CCC)C2=C1c1ccccc1C2(C)C.CC1=CC(c2ccc3c(c2)-c2ccc(-c4ccccc4)cc2C3(C)C)CC=C1.Cc1ccc(-c2cccc(C3CCC3)c2C2C=CC=CC2C)cc1. The molecule has 6 aliphatic rings. The molecule has 0 heteroatoms. The molecule has 0 nitrogen and oxygen atoms in total. The van der Waals surface area contributed by atoms with Gasteiger partial charge in [-0.05, 0) is 158 Å². The topological polar surface area (TPSA) is 0 Å². The van der Waals surface area contributed by atoms with Crippen molar-refractivity contribution in [2.75, 3.05) is 0 Å². The summed E-state index contributed by atoms with van der Waals surface area (Å²) in [6.07, 6.45) is 27.1. The fraction of sp³-hybridized carbons (Fsp3) is 0.296. The van der Waals surface area contributed by atoms with E-state index in [1.807, 2.05) is 0 Å². The van der Waals surface area contributed by atoms with Crippen LogP contribution >= 0.6 is 0 Å². The molecule has 6 aromatic carbocycles. The van der Waals surface area contributed by atoms with E-state index in [1.54, 1.807) is 16.7 Å². The summed E-state index contributed by atoms with van der Waals surface area (Å²) in [5, 5.41) is 0. The Kier molecular flexibility index (Phi) is 13.5. The Morgan fingerprint density at radius 1 is 0.634 bits per heavy atom. The normalized spacial score (nSPS) is 20.8. The van der Waals surface area contributed by atoms with Crippen molar-refractivity contribution in [1.82, 2.24) is 0 Å². The number of hydrogen-bond donors (Lipinski definition) is 0. The molecule has 0 bridgehead atoms. The third-order valence-corrected chi connectivity index (χ3v) is 16.8. The number of rotatable bonds is 7. The van der Waals surface area contributed by atoms with Gasteiger partial charge in [0.25, 0.3) is 0 Å². The van der Waals surface area contributed by atoms with E-state index in [0.29, 0.717) is 17.8 Å². The zero-order chi connectivity index (χ0) is 49.4. The number of fused-ring (bicyclic) bond motifs is 5. The van der Waals surface area contributed by atoms with Gasteiger partial charge in [0.2, 0.25) is 0 Å². The van der Waals surface area contributed by atoms with Crippen molar-refractivity contribution in [3.05, 3.63) is 255 Å². The van der Waals surface area contributed by atoms with Gasteiger partial charge in [0.1, 0.15) is 0 Å². The van der Waals surface area contributed by atoms with Crippen molar-refractivity contribution in [2.45, 2.75) is 129 Å². The molecule has 3 unspecified atom stereocenters. The van der Waals surface area contributed by atoms with E-state index in [2.05, 4.69) is 244 Å². The van der Waals surface area contributed by atoms with E-state index >= 15 is 0 Å². The first kappa shape index (κ1) is 48.1.